The van der Waals surface area contributed by atoms with E-state index < -0.39 is 0 Å². The minimum Gasteiger partial charge on any atom is -0.336 e. The van der Waals surface area contributed by atoms with Gasteiger partial charge in [0.15, 0.2) is 0 Å². The Labute approximate surface area is 119 Å². The number of benzene rings is 1. The monoisotopic (exact) mass is 269 g/mol. The summed E-state index contributed by atoms with van der Waals surface area (Å²) in [5, 5.41) is 0. The number of hydrogen-bond acceptors (Lipinski definition) is 2. The number of nitrogens with zero attached hydrogens (tertiary/aromatic N) is 1. The van der Waals surface area contributed by atoms with E-state index in [2.05, 4.69) is 0 Å². The molecule has 1 aliphatic carbocycles. The van der Waals surface area contributed by atoms with Crippen molar-refractivity contribution in [3.8, 4) is 11.3 Å². The van der Waals surface area contributed by atoms with Crippen molar-refractivity contribution in [2.24, 2.45) is 5.92 Å². The topological polar surface area (TPSA) is 31.2 Å². The lowest BCUT2D eigenvalue weighted by molar-refractivity contribution is -0.149. The molecule has 0 aliphatic heterocycles. The van der Waals surface area contributed by atoms with Gasteiger partial charge in [0.2, 0.25) is 0 Å². The summed E-state index contributed by atoms with van der Waals surface area (Å²) in [5.74, 6) is -0.0344. The number of carbonyl (C=O) groups is 1. The molecule has 1 saturated carbocycles. The lowest BCUT2D eigenvalue weighted by Gasteiger charge is -2.20. The van der Waals surface area contributed by atoms with E-state index in [1.807, 2.05) is 42.5 Å². The van der Waals surface area contributed by atoms with E-state index >= 15 is 0 Å². The van der Waals surface area contributed by atoms with Crippen molar-refractivity contribution in [2.75, 3.05) is 0 Å². The highest BCUT2D eigenvalue weighted by Gasteiger charge is 2.23. The molecule has 3 nitrogen and oxygen atoms in total. The van der Waals surface area contributed by atoms with Crippen molar-refractivity contribution in [2.45, 2.75) is 32.1 Å². The van der Waals surface area contributed by atoms with E-state index in [4.69, 9.17) is 4.84 Å². The first kappa shape index (κ1) is 13.0. The molecule has 0 amide bonds. The fourth-order valence-electron chi connectivity index (χ4n) is 2.79. The Hall–Kier alpha value is -2.03. The molecule has 1 aromatic heterocycles. The van der Waals surface area contributed by atoms with Gasteiger partial charge >= 0.3 is 5.97 Å². The van der Waals surface area contributed by atoms with Gasteiger partial charge in [-0.15, -0.1) is 0 Å². The molecule has 20 heavy (non-hydrogen) atoms. The summed E-state index contributed by atoms with van der Waals surface area (Å²) in [6.45, 7) is 0. The average molecular weight is 269 g/mol. The molecule has 3 heteroatoms. The minimum absolute atomic E-state index is 0.0646. The van der Waals surface area contributed by atoms with Crippen LogP contribution in [0.3, 0.4) is 0 Å². The third-order valence-electron chi connectivity index (χ3n) is 3.91. The summed E-state index contributed by atoms with van der Waals surface area (Å²) >= 11 is 0. The highest BCUT2D eigenvalue weighted by Crippen LogP contribution is 2.25. The van der Waals surface area contributed by atoms with Gasteiger partial charge < -0.3 is 4.84 Å². The summed E-state index contributed by atoms with van der Waals surface area (Å²) < 4.78 is 1.59. The summed E-state index contributed by atoms with van der Waals surface area (Å²) in [6, 6.07) is 13.8. The van der Waals surface area contributed by atoms with Gasteiger partial charge in [-0.1, -0.05) is 49.6 Å². The molecule has 0 spiro atoms. The van der Waals surface area contributed by atoms with E-state index in [1.54, 1.807) is 10.9 Å². The van der Waals surface area contributed by atoms with E-state index in [0.717, 1.165) is 36.9 Å². The predicted molar refractivity (Wildman–Crippen MR) is 78.0 cm³/mol. The van der Waals surface area contributed by atoms with Crippen molar-refractivity contribution >= 4 is 5.97 Å². The Balaban J connectivity index is 1.75. The second kappa shape index (κ2) is 5.95. The molecule has 1 aliphatic rings. The molecule has 1 fully saturated rings. The highest BCUT2D eigenvalue weighted by molar-refractivity contribution is 5.73. The Morgan fingerprint density at radius 3 is 2.50 bits per heavy atom. The molecule has 0 saturated heterocycles. The molecule has 0 N–H and O–H groups in total. The summed E-state index contributed by atoms with van der Waals surface area (Å²) in [5.41, 5.74) is 1.96. The van der Waals surface area contributed by atoms with Gasteiger partial charge in [0.25, 0.3) is 0 Å². The Morgan fingerprint density at radius 1 is 1.00 bits per heavy atom. The molecule has 0 atom stereocenters. The van der Waals surface area contributed by atoms with Crippen molar-refractivity contribution in [1.29, 1.82) is 0 Å². The third-order valence-corrected chi connectivity index (χ3v) is 3.91. The van der Waals surface area contributed by atoms with Crippen LogP contribution in [-0.2, 0) is 4.79 Å². The molecule has 0 bridgehead atoms. The first-order valence-corrected chi connectivity index (χ1v) is 7.29. The first-order valence-electron chi connectivity index (χ1n) is 7.29. The van der Waals surface area contributed by atoms with Gasteiger partial charge in [-0.3, -0.25) is 0 Å². The van der Waals surface area contributed by atoms with Crippen LogP contribution >= 0.6 is 0 Å². The Kier molecular flexibility index (Phi) is 3.86. The molecule has 0 radical (unpaired) electrons. The van der Waals surface area contributed by atoms with Crippen LogP contribution in [0.5, 0.6) is 0 Å². The molecule has 3 rings (SSSR count). The standard InChI is InChI=1S/C17H19NO2/c19-17(15-10-5-2-6-11-15)20-18-13-7-12-16(18)14-8-3-1-4-9-14/h1,3-4,7-9,12-13,15H,2,5-6,10-11H2. The molecule has 1 heterocycles. The normalized spacial score (nSPS) is 16.0. The van der Waals surface area contributed by atoms with Gasteiger partial charge in [0.1, 0.15) is 0 Å². The third kappa shape index (κ3) is 2.77. The van der Waals surface area contributed by atoms with Crippen LogP contribution in [0.15, 0.2) is 48.7 Å². The van der Waals surface area contributed by atoms with Crippen molar-refractivity contribution < 1.29 is 9.63 Å². The number of aromatic nitrogens is 1. The average Bonchev–Trinajstić information content (AvgIpc) is 2.97. The first-order chi connectivity index (χ1) is 9.84. The van der Waals surface area contributed by atoms with Gasteiger partial charge in [-0.05, 0) is 25.0 Å². The van der Waals surface area contributed by atoms with E-state index in [1.165, 1.54) is 6.42 Å². The zero-order valence-corrected chi connectivity index (χ0v) is 11.5. The van der Waals surface area contributed by atoms with Crippen LogP contribution in [0.25, 0.3) is 11.3 Å². The van der Waals surface area contributed by atoms with Crippen molar-refractivity contribution in [3.63, 3.8) is 0 Å². The van der Waals surface area contributed by atoms with Gasteiger partial charge in [-0.25, -0.2) is 4.79 Å². The van der Waals surface area contributed by atoms with Crippen LogP contribution < -0.4 is 4.84 Å². The lowest BCUT2D eigenvalue weighted by atomic mass is 9.89. The second-order valence-electron chi connectivity index (χ2n) is 5.33. The smallest absolute Gasteiger partial charge is 0.335 e. The molecule has 0 unspecified atom stereocenters. The molecule has 2 aromatic rings. The SMILES string of the molecule is O=C(On1cccc1-c1ccccc1)C1CCCCC1. The summed E-state index contributed by atoms with van der Waals surface area (Å²) in [7, 11) is 0. The second-order valence-corrected chi connectivity index (χ2v) is 5.33. The summed E-state index contributed by atoms with van der Waals surface area (Å²) in [4.78, 5) is 17.8. The summed E-state index contributed by atoms with van der Waals surface area (Å²) in [6.07, 6.45) is 7.22. The number of carbonyl (C=O) groups excluding carboxylic acids is 1. The maximum absolute atomic E-state index is 12.2. The molecular formula is C17H19NO2. The zero-order valence-electron chi connectivity index (χ0n) is 11.5. The Morgan fingerprint density at radius 2 is 1.75 bits per heavy atom. The zero-order chi connectivity index (χ0) is 13.8. The van der Waals surface area contributed by atoms with Crippen molar-refractivity contribution in [1.82, 2.24) is 4.73 Å². The van der Waals surface area contributed by atoms with E-state index in [9.17, 15) is 4.79 Å². The predicted octanol–water partition coefficient (Wildman–Crippen LogP) is 3.69. The van der Waals surface area contributed by atoms with E-state index in [0.29, 0.717) is 0 Å². The number of rotatable bonds is 3. The molecular weight excluding hydrogens is 250 g/mol. The van der Waals surface area contributed by atoms with Crippen LogP contribution in [-0.4, -0.2) is 10.7 Å². The fourth-order valence-corrected chi connectivity index (χ4v) is 2.79. The van der Waals surface area contributed by atoms with Crippen LogP contribution in [0.2, 0.25) is 0 Å². The molecule has 1 aromatic carbocycles. The van der Waals surface area contributed by atoms with Gasteiger partial charge in [0.05, 0.1) is 11.6 Å². The maximum Gasteiger partial charge on any atom is 0.335 e. The van der Waals surface area contributed by atoms with Crippen LogP contribution in [0, 0.1) is 5.92 Å². The van der Waals surface area contributed by atoms with Gasteiger partial charge in [-0.2, -0.15) is 4.73 Å². The van der Waals surface area contributed by atoms with E-state index in [-0.39, 0.29) is 11.9 Å². The number of hydrogen-bond donors (Lipinski definition) is 0. The largest absolute Gasteiger partial charge is 0.336 e. The Bertz CT molecular complexity index is 568. The minimum atomic E-state index is -0.0990. The quantitative estimate of drug-likeness (QED) is 0.851. The van der Waals surface area contributed by atoms with Gasteiger partial charge in [0, 0.05) is 11.8 Å². The van der Waals surface area contributed by atoms with Crippen LogP contribution in [0.4, 0.5) is 0 Å². The van der Waals surface area contributed by atoms with Crippen LogP contribution in [0.1, 0.15) is 32.1 Å². The fraction of sp³-hybridized carbons (Fsp3) is 0.353. The maximum atomic E-state index is 12.2. The lowest BCUT2D eigenvalue weighted by Crippen LogP contribution is -2.28. The molecule has 104 valence electrons. The van der Waals surface area contributed by atoms with Crippen molar-refractivity contribution in [3.05, 3.63) is 48.7 Å². The highest BCUT2D eigenvalue weighted by atomic mass is 16.7.